The molecule has 0 spiro atoms. The monoisotopic (exact) mass is 172 g/mol. The van der Waals surface area contributed by atoms with E-state index in [-0.39, 0.29) is 12.1 Å². The highest BCUT2D eigenvalue weighted by Gasteiger charge is 2.13. The smallest absolute Gasteiger partial charge is 0.317 e. The Kier molecular flexibility index (Phi) is 4.71. The second-order valence-corrected chi connectivity index (χ2v) is 3.47. The van der Waals surface area contributed by atoms with Gasteiger partial charge in [-0.2, -0.15) is 0 Å². The van der Waals surface area contributed by atoms with Gasteiger partial charge in [0.15, 0.2) is 0 Å². The molecule has 0 aromatic carbocycles. The first-order valence-corrected chi connectivity index (χ1v) is 4.52. The molecule has 0 bridgehead atoms. The fourth-order valence-corrected chi connectivity index (χ4v) is 0.823. The predicted molar refractivity (Wildman–Crippen MR) is 51.2 cm³/mol. The molecule has 3 heteroatoms. The maximum atomic E-state index is 11.4. The van der Waals surface area contributed by atoms with Crippen molar-refractivity contribution in [2.75, 3.05) is 7.05 Å². The van der Waals surface area contributed by atoms with Crippen LogP contribution in [0.3, 0.4) is 0 Å². The third-order valence-corrected chi connectivity index (χ3v) is 1.98. The van der Waals surface area contributed by atoms with Crippen LogP contribution in [0.1, 0.15) is 34.1 Å². The van der Waals surface area contributed by atoms with Crippen LogP contribution in [-0.4, -0.2) is 30.1 Å². The van der Waals surface area contributed by atoms with E-state index in [9.17, 15) is 4.79 Å². The zero-order valence-electron chi connectivity index (χ0n) is 8.72. The molecule has 0 rings (SSSR count). The van der Waals surface area contributed by atoms with E-state index in [2.05, 4.69) is 12.2 Å². The number of rotatable bonds is 3. The van der Waals surface area contributed by atoms with Gasteiger partial charge in [0.1, 0.15) is 0 Å². The van der Waals surface area contributed by atoms with Crippen LogP contribution >= 0.6 is 0 Å². The molecule has 2 amide bonds. The van der Waals surface area contributed by atoms with Crippen molar-refractivity contribution in [3.05, 3.63) is 0 Å². The van der Waals surface area contributed by atoms with Gasteiger partial charge >= 0.3 is 6.03 Å². The molecule has 1 unspecified atom stereocenters. The van der Waals surface area contributed by atoms with Gasteiger partial charge in [0, 0.05) is 19.1 Å². The normalized spacial score (nSPS) is 12.8. The zero-order valence-corrected chi connectivity index (χ0v) is 8.72. The van der Waals surface area contributed by atoms with Crippen LogP contribution in [-0.2, 0) is 0 Å². The Labute approximate surface area is 75.1 Å². The first kappa shape index (κ1) is 11.3. The third-order valence-electron chi connectivity index (χ3n) is 1.98. The lowest BCUT2D eigenvalue weighted by molar-refractivity contribution is 0.190. The van der Waals surface area contributed by atoms with Crippen molar-refractivity contribution in [1.29, 1.82) is 0 Å². The van der Waals surface area contributed by atoms with Gasteiger partial charge in [0.2, 0.25) is 0 Å². The van der Waals surface area contributed by atoms with Gasteiger partial charge in [0.25, 0.3) is 0 Å². The Morgan fingerprint density at radius 2 is 1.92 bits per heavy atom. The maximum absolute atomic E-state index is 11.4. The number of nitrogens with zero attached hydrogens (tertiary/aromatic N) is 1. The SMILES string of the molecule is CCC(C)N(C)C(=O)NC(C)C. The molecule has 0 aromatic heterocycles. The Hall–Kier alpha value is -0.730. The minimum Gasteiger partial charge on any atom is -0.336 e. The summed E-state index contributed by atoms with van der Waals surface area (Å²) in [6, 6.07) is 0.534. The average molecular weight is 172 g/mol. The molecule has 0 radical (unpaired) electrons. The summed E-state index contributed by atoms with van der Waals surface area (Å²) in [5, 5.41) is 2.84. The second kappa shape index (κ2) is 5.01. The van der Waals surface area contributed by atoms with Crippen molar-refractivity contribution in [1.82, 2.24) is 10.2 Å². The van der Waals surface area contributed by atoms with E-state index in [0.717, 1.165) is 6.42 Å². The third kappa shape index (κ3) is 3.60. The van der Waals surface area contributed by atoms with E-state index in [0.29, 0.717) is 6.04 Å². The number of carbonyl (C=O) groups is 1. The number of hydrogen-bond acceptors (Lipinski definition) is 1. The zero-order chi connectivity index (χ0) is 9.72. The van der Waals surface area contributed by atoms with Crippen molar-refractivity contribution >= 4 is 6.03 Å². The summed E-state index contributed by atoms with van der Waals surface area (Å²) in [5.74, 6) is 0. The summed E-state index contributed by atoms with van der Waals surface area (Å²) in [4.78, 5) is 13.1. The highest BCUT2D eigenvalue weighted by atomic mass is 16.2. The highest BCUT2D eigenvalue weighted by Crippen LogP contribution is 2.00. The number of amides is 2. The summed E-state index contributed by atoms with van der Waals surface area (Å²) in [6.07, 6.45) is 0.988. The lowest BCUT2D eigenvalue weighted by atomic mass is 10.2. The Balaban J connectivity index is 3.92. The molecule has 0 aliphatic rings. The van der Waals surface area contributed by atoms with Crippen molar-refractivity contribution in [2.45, 2.75) is 46.2 Å². The molecule has 12 heavy (non-hydrogen) atoms. The van der Waals surface area contributed by atoms with Crippen molar-refractivity contribution in [2.24, 2.45) is 0 Å². The van der Waals surface area contributed by atoms with Gasteiger partial charge in [-0.15, -0.1) is 0 Å². The quantitative estimate of drug-likeness (QED) is 0.692. The summed E-state index contributed by atoms with van der Waals surface area (Å²) in [5.41, 5.74) is 0. The number of hydrogen-bond donors (Lipinski definition) is 1. The molecule has 3 nitrogen and oxygen atoms in total. The number of urea groups is 1. The van der Waals surface area contributed by atoms with Crippen LogP contribution in [0.5, 0.6) is 0 Å². The average Bonchev–Trinajstić information content (AvgIpc) is 2.00. The largest absolute Gasteiger partial charge is 0.336 e. The Bertz CT molecular complexity index is 145. The van der Waals surface area contributed by atoms with Crippen LogP contribution < -0.4 is 5.32 Å². The Morgan fingerprint density at radius 3 is 2.25 bits per heavy atom. The molecular formula is C9H20N2O. The predicted octanol–water partition coefficient (Wildman–Crippen LogP) is 1.83. The summed E-state index contributed by atoms with van der Waals surface area (Å²) in [6.45, 7) is 8.04. The molecule has 0 heterocycles. The second-order valence-electron chi connectivity index (χ2n) is 3.47. The van der Waals surface area contributed by atoms with Crippen molar-refractivity contribution in [3.8, 4) is 0 Å². The standard InChI is InChI=1S/C9H20N2O/c1-6-8(4)11(5)9(12)10-7(2)3/h7-8H,6H2,1-5H3,(H,10,12). The first-order chi connectivity index (χ1) is 5.49. The van der Waals surface area contributed by atoms with Gasteiger partial charge in [0.05, 0.1) is 0 Å². The molecule has 1 N–H and O–H groups in total. The van der Waals surface area contributed by atoms with Crippen LogP contribution in [0, 0.1) is 0 Å². The van der Waals surface area contributed by atoms with E-state index < -0.39 is 0 Å². The van der Waals surface area contributed by atoms with Gasteiger partial charge < -0.3 is 10.2 Å². The lowest BCUT2D eigenvalue weighted by Crippen LogP contribution is -2.44. The minimum atomic E-state index is 0.0133. The van der Waals surface area contributed by atoms with Crippen LogP contribution in [0.2, 0.25) is 0 Å². The van der Waals surface area contributed by atoms with Crippen LogP contribution in [0.15, 0.2) is 0 Å². The van der Waals surface area contributed by atoms with E-state index in [4.69, 9.17) is 0 Å². The van der Waals surface area contributed by atoms with Gasteiger partial charge in [-0.3, -0.25) is 0 Å². The van der Waals surface area contributed by atoms with Crippen molar-refractivity contribution < 1.29 is 4.79 Å². The first-order valence-electron chi connectivity index (χ1n) is 4.52. The molecular weight excluding hydrogens is 152 g/mol. The summed E-state index contributed by atoms with van der Waals surface area (Å²) < 4.78 is 0. The van der Waals surface area contributed by atoms with E-state index in [1.165, 1.54) is 0 Å². The van der Waals surface area contributed by atoms with E-state index in [1.807, 2.05) is 27.8 Å². The number of nitrogens with one attached hydrogen (secondary N) is 1. The van der Waals surface area contributed by atoms with Gasteiger partial charge in [-0.1, -0.05) is 6.92 Å². The Morgan fingerprint density at radius 1 is 1.42 bits per heavy atom. The van der Waals surface area contributed by atoms with Crippen LogP contribution in [0.4, 0.5) is 4.79 Å². The van der Waals surface area contributed by atoms with Gasteiger partial charge in [-0.25, -0.2) is 4.79 Å². The molecule has 72 valence electrons. The lowest BCUT2D eigenvalue weighted by Gasteiger charge is -2.25. The summed E-state index contributed by atoms with van der Waals surface area (Å²) in [7, 11) is 1.83. The molecule has 0 fully saturated rings. The van der Waals surface area contributed by atoms with E-state index >= 15 is 0 Å². The molecule has 0 aliphatic heterocycles. The van der Waals surface area contributed by atoms with E-state index in [1.54, 1.807) is 4.90 Å². The van der Waals surface area contributed by atoms with Crippen LogP contribution in [0.25, 0.3) is 0 Å². The maximum Gasteiger partial charge on any atom is 0.317 e. The van der Waals surface area contributed by atoms with Crippen molar-refractivity contribution in [3.63, 3.8) is 0 Å². The van der Waals surface area contributed by atoms with Gasteiger partial charge in [-0.05, 0) is 27.2 Å². The molecule has 0 aromatic rings. The number of carbonyl (C=O) groups excluding carboxylic acids is 1. The fraction of sp³-hybridized carbons (Fsp3) is 0.889. The topological polar surface area (TPSA) is 32.3 Å². The molecule has 0 aliphatic carbocycles. The molecule has 0 saturated carbocycles. The molecule has 1 atom stereocenters. The molecule has 0 saturated heterocycles. The highest BCUT2D eigenvalue weighted by molar-refractivity contribution is 5.74. The fourth-order valence-electron chi connectivity index (χ4n) is 0.823. The minimum absolute atomic E-state index is 0.0133. The summed E-state index contributed by atoms with van der Waals surface area (Å²) >= 11 is 0.